The van der Waals surface area contributed by atoms with Gasteiger partial charge in [0.15, 0.2) is 0 Å². The first-order valence-electron chi connectivity index (χ1n) is 6.66. The molecule has 0 radical (unpaired) electrons. The topological polar surface area (TPSA) is 65.2 Å². The van der Waals surface area contributed by atoms with Crippen LogP contribution in [0.4, 0.5) is 0 Å². The van der Waals surface area contributed by atoms with Gasteiger partial charge in [-0.1, -0.05) is 6.07 Å². The molecule has 0 spiro atoms. The van der Waals surface area contributed by atoms with Crippen LogP contribution in [-0.4, -0.2) is 41.3 Å². The maximum absolute atomic E-state index is 12.3. The lowest BCUT2D eigenvalue weighted by molar-refractivity contribution is -0.131. The molecule has 2 N–H and O–H groups in total. The Morgan fingerprint density at radius 1 is 1.35 bits per heavy atom. The Morgan fingerprint density at radius 3 is 2.80 bits per heavy atom. The molecule has 0 aliphatic carbocycles. The van der Waals surface area contributed by atoms with Gasteiger partial charge in [0, 0.05) is 36.3 Å². The van der Waals surface area contributed by atoms with Gasteiger partial charge in [-0.3, -0.25) is 9.59 Å². The standard InChI is InChI=1S/C15H19N3O2/c1-4-18(3)15(20)10(2)17-14(19)12-6-5-7-13-11(12)8-9-16-13/h5-10,16H,4H2,1-3H3,(H,17,19). The number of carbonyl (C=O) groups is 2. The lowest BCUT2D eigenvalue weighted by Gasteiger charge is -2.20. The van der Waals surface area contributed by atoms with Crippen molar-refractivity contribution in [3.8, 4) is 0 Å². The number of fused-ring (bicyclic) bond motifs is 1. The van der Waals surface area contributed by atoms with Crippen LogP contribution in [-0.2, 0) is 4.79 Å². The summed E-state index contributed by atoms with van der Waals surface area (Å²) >= 11 is 0. The van der Waals surface area contributed by atoms with Gasteiger partial charge in [0.2, 0.25) is 5.91 Å². The van der Waals surface area contributed by atoms with Gasteiger partial charge in [-0.25, -0.2) is 0 Å². The van der Waals surface area contributed by atoms with Crippen LogP contribution in [0.1, 0.15) is 24.2 Å². The lowest BCUT2D eigenvalue weighted by Crippen LogP contribution is -2.45. The molecule has 2 amide bonds. The van der Waals surface area contributed by atoms with E-state index in [1.165, 1.54) is 0 Å². The summed E-state index contributed by atoms with van der Waals surface area (Å²) in [5.41, 5.74) is 1.48. The molecule has 0 fully saturated rings. The number of aromatic nitrogens is 1. The number of H-pyrrole nitrogens is 1. The Bertz CT molecular complexity index is 633. The second-order valence-electron chi connectivity index (χ2n) is 4.79. The highest BCUT2D eigenvalue weighted by Gasteiger charge is 2.20. The Morgan fingerprint density at radius 2 is 2.10 bits per heavy atom. The number of rotatable bonds is 4. The minimum absolute atomic E-state index is 0.0953. The molecule has 0 bridgehead atoms. The summed E-state index contributed by atoms with van der Waals surface area (Å²) in [6.07, 6.45) is 1.79. The van der Waals surface area contributed by atoms with Crippen LogP contribution in [0, 0.1) is 0 Å². The molecule has 2 aromatic rings. The Labute approximate surface area is 118 Å². The van der Waals surface area contributed by atoms with Crippen molar-refractivity contribution in [1.29, 1.82) is 0 Å². The summed E-state index contributed by atoms with van der Waals surface area (Å²) < 4.78 is 0. The van der Waals surface area contributed by atoms with Crippen LogP contribution < -0.4 is 5.32 Å². The average Bonchev–Trinajstić information content (AvgIpc) is 2.93. The SMILES string of the molecule is CCN(C)C(=O)C(C)NC(=O)c1cccc2[nH]ccc12. The number of amides is 2. The molecule has 2 rings (SSSR count). The highest BCUT2D eigenvalue weighted by atomic mass is 16.2. The first-order valence-corrected chi connectivity index (χ1v) is 6.66. The number of hydrogen-bond acceptors (Lipinski definition) is 2. The number of benzene rings is 1. The van der Waals surface area contributed by atoms with Crippen molar-refractivity contribution in [3.63, 3.8) is 0 Å². The zero-order valence-corrected chi connectivity index (χ0v) is 11.9. The molecule has 106 valence electrons. The number of nitrogens with zero attached hydrogens (tertiary/aromatic N) is 1. The summed E-state index contributed by atoms with van der Waals surface area (Å²) in [5.74, 6) is -0.331. The van der Waals surface area contributed by atoms with E-state index in [9.17, 15) is 9.59 Å². The predicted molar refractivity (Wildman–Crippen MR) is 78.5 cm³/mol. The third-order valence-corrected chi connectivity index (χ3v) is 3.41. The van der Waals surface area contributed by atoms with Crippen LogP contribution in [0.15, 0.2) is 30.5 Å². The normalized spacial score (nSPS) is 12.2. The molecular weight excluding hydrogens is 254 g/mol. The Balaban J connectivity index is 2.16. The van der Waals surface area contributed by atoms with E-state index in [2.05, 4.69) is 10.3 Å². The quantitative estimate of drug-likeness (QED) is 0.891. The summed E-state index contributed by atoms with van der Waals surface area (Å²) in [7, 11) is 1.72. The number of carbonyl (C=O) groups excluding carboxylic acids is 2. The lowest BCUT2D eigenvalue weighted by atomic mass is 10.1. The molecule has 1 aromatic carbocycles. The second kappa shape index (κ2) is 5.77. The number of aromatic amines is 1. The smallest absolute Gasteiger partial charge is 0.252 e. The van der Waals surface area contributed by atoms with Gasteiger partial charge in [-0.15, -0.1) is 0 Å². The number of likely N-dealkylation sites (N-methyl/N-ethyl adjacent to an activating group) is 1. The summed E-state index contributed by atoms with van der Waals surface area (Å²) in [4.78, 5) is 28.9. The average molecular weight is 273 g/mol. The third kappa shape index (κ3) is 2.66. The highest BCUT2D eigenvalue weighted by molar-refractivity contribution is 6.07. The van der Waals surface area contributed by atoms with Crippen LogP contribution in [0.2, 0.25) is 0 Å². The van der Waals surface area contributed by atoms with E-state index in [1.54, 1.807) is 31.1 Å². The van der Waals surface area contributed by atoms with Crippen LogP contribution in [0.25, 0.3) is 10.9 Å². The molecular formula is C15H19N3O2. The van der Waals surface area contributed by atoms with Crippen molar-refractivity contribution in [1.82, 2.24) is 15.2 Å². The zero-order chi connectivity index (χ0) is 14.7. The first-order chi connectivity index (χ1) is 9.54. The summed E-state index contributed by atoms with van der Waals surface area (Å²) in [5, 5.41) is 3.60. The van der Waals surface area contributed by atoms with E-state index in [1.807, 2.05) is 25.1 Å². The monoisotopic (exact) mass is 273 g/mol. The molecule has 5 heteroatoms. The fourth-order valence-electron chi connectivity index (χ4n) is 2.11. The fraction of sp³-hybridized carbons (Fsp3) is 0.333. The minimum atomic E-state index is -0.540. The van der Waals surface area contributed by atoms with E-state index in [0.717, 1.165) is 10.9 Å². The highest BCUT2D eigenvalue weighted by Crippen LogP contribution is 2.17. The van der Waals surface area contributed by atoms with E-state index in [4.69, 9.17) is 0 Å². The molecule has 0 saturated carbocycles. The van der Waals surface area contributed by atoms with Crippen molar-refractivity contribution >= 4 is 22.7 Å². The van der Waals surface area contributed by atoms with Crippen molar-refractivity contribution in [3.05, 3.63) is 36.0 Å². The van der Waals surface area contributed by atoms with Gasteiger partial charge in [-0.05, 0) is 32.0 Å². The van der Waals surface area contributed by atoms with Crippen molar-refractivity contribution < 1.29 is 9.59 Å². The van der Waals surface area contributed by atoms with Crippen molar-refractivity contribution in [2.75, 3.05) is 13.6 Å². The molecule has 1 unspecified atom stereocenters. The molecule has 20 heavy (non-hydrogen) atoms. The predicted octanol–water partition coefficient (Wildman–Crippen LogP) is 1.76. The maximum Gasteiger partial charge on any atom is 0.252 e. The van der Waals surface area contributed by atoms with Crippen molar-refractivity contribution in [2.24, 2.45) is 0 Å². The molecule has 0 saturated heterocycles. The summed E-state index contributed by atoms with van der Waals surface area (Å²) in [6, 6.07) is 6.80. The molecule has 0 aliphatic heterocycles. The largest absolute Gasteiger partial charge is 0.361 e. The number of hydrogen-bond donors (Lipinski definition) is 2. The second-order valence-corrected chi connectivity index (χ2v) is 4.79. The Hall–Kier alpha value is -2.30. The summed E-state index contributed by atoms with van der Waals surface area (Å²) in [6.45, 7) is 4.21. The van der Waals surface area contributed by atoms with Crippen molar-refractivity contribution in [2.45, 2.75) is 19.9 Å². The van der Waals surface area contributed by atoms with Crippen LogP contribution in [0.5, 0.6) is 0 Å². The van der Waals surface area contributed by atoms with Gasteiger partial charge in [0.1, 0.15) is 6.04 Å². The molecule has 1 aromatic heterocycles. The fourth-order valence-corrected chi connectivity index (χ4v) is 2.11. The molecule has 1 atom stereocenters. The van der Waals surface area contributed by atoms with E-state index in [-0.39, 0.29) is 11.8 Å². The minimum Gasteiger partial charge on any atom is -0.361 e. The molecule has 5 nitrogen and oxygen atoms in total. The van der Waals surface area contributed by atoms with E-state index < -0.39 is 6.04 Å². The third-order valence-electron chi connectivity index (χ3n) is 3.41. The van der Waals surface area contributed by atoms with Crippen LogP contribution in [0.3, 0.4) is 0 Å². The van der Waals surface area contributed by atoms with Gasteiger partial charge in [-0.2, -0.15) is 0 Å². The zero-order valence-electron chi connectivity index (χ0n) is 11.9. The van der Waals surface area contributed by atoms with Gasteiger partial charge >= 0.3 is 0 Å². The first kappa shape index (κ1) is 14.1. The van der Waals surface area contributed by atoms with Crippen LogP contribution >= 0.6 is 0 Å². The Kier molecular flexibility index (Phi) is 4.08. The maximum atomic E-state index is 12.3. The van der Waals surface area contributed by atoms with E-state index in [0.29, 0.717) is 12.1 Å². The number of nitrogens with one attached hydrogen (secondary N) is 2. The molecule has 0 aliphatic rings. The van der Waals surface area contributed by atoms with Gasteiger partial charge in [0.05, 0.1) is 0 Å². The molecule has 1 heterocycles. The van der Waals surface area contributed by atoms with Gasteiger partial charge < -0.3 is 15.2 Å². The van der Waals surface area contributed by atoms with E-state index >= 15 is 0 Å². The van der Waals surface area contributed by atoms with Gasteiger partial charge in [0.25, 0.3) is 5.91 Å².